The number of rotatable bonds is 0. The molecule has 0 radical (unpaired) electrons. The van der Waals surface area contributed by atoms with Crippen molar-refractivity contribution < 1.29 is 4.79 Å². The Morgan fingerprint density at radius 1 is 0.941 bits per heavy atom. The molecule has 0 atom stereocenters. The SMILES string of the molecule is O=C1CCc2cc3c(cc21)sc1ccccc13. The summed E-state index contributed by atoms with van der Waals surface area (Å²) in [4.78, 5) is 11.7. The first-order valence-electron chi connectivity index (χ1n) is 5.80. The summed E-state index contributed by atoms with van der Waals surface area (Å²) in [6, 6.07) is 12.8. The van der Waals surface area contributed by atoms with Crippen LogP contribution in [0.25, 0.3) is 20.2 Å². The Balaban J connectivity index is 2.18. The molecule has 0 amide bonds. The van der Waals surface area contributed by atoms with Crippen LogP contribution in [0.3, 0.4) is 0 Å². The summed E-state index contributed by atoms with van der Waals surface area (Å²) in [6.45, 7) is 0. The molecule has 0 bridgehead atoms. The fraction of sp³-hybridized carbons (Fsp3) is 0.133. The van der Waals surface area contributed by atoms with Crippen LogP contribution in [0.4, 0.5) is 0 Å². The van der Waals surface area contributed by atoms with E-state index in [2.05, 4.69) is 36.4 Å². The molecule has 0 saturated heterocycles. The van der Waals surface area contributed by atoms with Crippen molar-refractivity contribution in [3.05, 3.63) is 47.5 Å². The smallest absolute Gasteiger partial charge is 0.163 e. The summed E-state index contributed by atoms with van der Waals surface area (Å²) in [5, 5.41) is 2.62. The number of carbonyl (C=O) groups is 1. The summed E-state index contributed by atoms with van der Waals surface area (Å²) in [6.07, 6.45) is 1.60. The van der Waals surface area contributed by atoms with Crippen LogP contribution in [0.2, 0.25) is 0 Å². The van der Waals surface area contributed by atoms with E-state index in [-0.39, 0.29) is 0 Å². The molecule has 4 rings (SSSR count). The fourth-order valence-corrected chi connectivity index (χ4v) is 3.79. The molecule has 1 heterocycles. The largest absolute Gasteiger partial charge is 0.294 e. The topological polar surface area (TPSA) is 17.1 Å². The Morgan fingerprint density at radius 2 is 1.82 bits per heavy atom. The van der Waals surface area contributed by atoms with Crippen LogP contribution in [-0.2, 0) is 6.42 Å². The van der Waals surface area contributed by atoms with E-state index in [1.165, 1.54) is 25.7 Å². The van der Waals surface area contributed by atoms with Gasteiger partial charge in [0.2, 0.25) is 0 Å². The van der Waals surface area contributed by atoms with Crippen molar-refractivity contribution in [2.75, 3.05) is 0 Å². The Hall–Kier alpha value is -1.67. The molecule has 0 saturated carbocycles. The van der Waals surface area contributed by atoms with Gasteiger partial charge in [0.05, 0.1) is 0 Å². The number of ketones is 1. The molecule has 0 unspecified atom stereocenters. The highest BCUT2D eigenvalue weighted by molar-refractivity contribution is 7.25. The molecule has 82 valence electrons. The second-order valence-electron chi connectivity index (χ2n) is 4.53. The number of hydrogen-bond donors (Lipinski definition) is 0. The molecule has 3 aromatic rings. The van der Waals surface area contributed by atoms with Crippen LogP contribution in [0.1, 0.15) is 22.3 Å². The van der Waals surface area contributed by atoms with Gasteiger partial charge in [0.25, 0.3) is 0 Å². The van der Waals surface area contributed by atoms with Gasteiger partial charge in [-0.3, -0.25) is 4.79 Å². The normalized spacial score (nSPS) is 14.7. The molecular formula is C15H10OS. The summed E-state index contributed by atoms with van der Waals surface area (Å²) in [7, 11) is 0. The molecule has 17 heavy (non-hydrogen) atoms. The van der Waals surface area contributed by atoms with Crippen LogP contribution in [-0.4, -0.2) is 5.78 Å². The van der Waals surface area contributed by atoms with Gasteiger partial charge < -0.3 is 0 Å². The molecule has 2 heteroatoms. The number of fused-ring (bicyclic) bond motifs is 4. The van der Waals surface area contributed by atoms with Gasteiger partial charge in [-0.25, -0.2) is 0 Å². The highest BCUT2D eigenvalue weighted by atomic mass is 32.1. The van der Waals surface area contributed by atoms with Crippen LogP contribution in [0.15, 0.2) is 36.4 Å². The van der Waals surface area contributed by atoms with Crippen molar-refractivity contribution in [1.82, 2.24) is 0 Å². The summed E-state index contributed by atoms with van der Waals surface area (Å²) < 4.78 is 2.54. The van der Waals surface area contributed by atoms with E-state index in [1.807, 2.05) is 0 Å². The van der Waals surface area contributed by atoms with Crippen LogP contribution < -0.4 is 0 Å². The zero-order chi connectivity index (χ0) is 11.4. The molecule has 0 spiro atoms. The molecule has 1 nitrogen and oxygen atoms in total. The van der Waals surface area contributed by atoms with Gasteiger partial charge in [0.1, 0.15) is 0 Å². The third-order valence-electron chi connectivity index (χ3n) is 3.52. The first-order valence-corrected chi connectivity index (χ1v) is 6.62. The minimum atomic E-state index is 0.305. The average molecular weight is 238 g/mol. The monoisotopic (exact) mass is 238 g/mol. The van der Waals surface area contributed by atoms with E-state index in [0.717, 1.165) is 12.0 Å². The van der Waals surface area contributed by atoms with E-state index >= 15 is 0 Å². The summed E-state index contributed by atoms with van der Waals surface area (Å²) >= 11 is 1.78. The molecule has 1 aliphatic rings. The van der Waals surface area contributed by atoms with Crippen LogP contribution >= 0.6 is 11.3 Å². The van der Waals surface area contributed by atoms with Crippen molar-refractivity contribution in [3.63, 3.8) is 0 Å². The number of Topliss-reactive ketones (excluding diaryl/α,β-unsaturated/α-hetero) is 1. The van der Waals surface area contributed by atoms with Crippen molar-refractivity contribution in [3.8, 4) is 0 Å². The maximum Gasteiger partial charge on any atom is 0.163 e. The van der Waals surface area contributed by atoms with E-state index in [1.54, 1.807) is 11.3 Å². The molecule has 0 fully saturated rings. The Kier molecular flexibility index (Phi) is 1.75. The van der Waals surface area contributed by atoms with Crippen molar-refractivity contribution in [1.29, 1.82) is 0 Å². The maximum absolute atomic E-state index is 11.7. The van der Waals surface area contributed by atoms with E-state index in [0.29, 0.717) is 12.2 Å². The molecule has 1 aromatic heterocycles. The van der Waals surface area contributed by atoms with Crippen LogP contribution in [0.5, 0.6) is 0 Å². The lowest BCUT2D eigenvalue weighted by molar-refractivity contribution is 0.0994. The lowest BCUT2D eigenvalue weighted by Crippen LogP contribution is -1.89. The zero-order valence-electron chi connectivity index (χ0n) is 9.19. The maximum atomic E-state index is 11.7. The molecule has 0 aliphatic heterocycles. The van der Waals surface area contributed by atoms with Gasteiger partial charge in [-0.15, -0.1) is 11.3 Å². The van der Waals surface area contributed by atoms with Gasteiger partial charge in [-0.05, 0) is 30.2 Å². The molecular weight excluding hydrogens is 228 g/mol. The Morgan fingerprint density at radius 3 is 2.76 bits per heavy atom. The van der Waals surface area contributed by atoms with Gasteiger partial charge in [0, 0.05) is 32.2 Å². The van der Waals surface area contributed by atoms with E-state index in [9.17, 15) is 4.79 Å². The summed E-state index contributed by atoms with van der Waals surface area (Å²) in [5.74, 6) is 0.305. The highest BCUT2D eigenvalue weighted by Gasteiger charge is 2.20. The van der Waals surface area contributed by atoms with Crippen molar-refractivity contribution >= 4 is 37.3 Å². The number of aryl methyl sites for hydroxylation is 1. The van der Waals surface area contributed by atoms with Gasteiger partial charge in [-0.1, -0.05) is 18.2 Å². The third-order valence-corrected chi connectivity index (χ3v) is 4.66. The average Bonchev–Trinajstić information content (AvgIpc) is 2.88. The first kappa shape index (κ1) is 9.37. The molecule has 2 aromatic carbocycles. The second-order valence-corrected chi connectivity index (χ2v) is 5.61. The van der Waals surface area contributed by atoms with Gasteiger partial charge >= 0.3 is 0 Å². The minimum absolute atomic E-state index is 0.305. The standard InChI is InChI=1S/C15H10OS/c16-13-6-5-9-7-12-10-3-1-2-4-14(10)17-15(12)8-11(9)13/h1-4,7-8H,5-6H2. The van der Waals surface area contributed by atoms with Gasteiger partial charge in [0.15, 0.2) is 5.78 Å². The lowest BCUT2D eigenvalue weighted by atomic mass is 10.1. The zero-order valence-corrected chi connectivity index (χ0v) is 10.0. The quantitative estimate of drug-likeness (QED) is 0.574. The van der Waals surface area contributed by atoms with E-state index < -0.39 is 0 Å². The highest BCUT2D eigenvalue weighted by Crippen LogP contribution is 2.37. The Bertz CT molecular complexity index is 767. The molecule has 0 N–H and O–H groups in total. The number of hydrogen-bond acceptors (Lipinski definition) is 2. The fourth-order valence-electron chi connectivity index (χ4n) is 2.67. The van der Waals surface area contributed by atoms with Gasteiger partial charge in [-0.2, -0.15) is 0 Å². The molecule has 1 aliphatic carbocycles. The predicted molar refractivity (Wildman–Crippen MR) is 72.0 cm³/mol. The third kappa shape index (κ3) is 1.22. The second kappa shape index (κ2) is 3.17. The van der Waals surface area contributed by atoms with Crippen molar-refractivity contribution in [2.45, 2.75) is 12.8 Å². The number of carbonyl (C=O) groups excluding carboxylic acids is 1. The van der Waals surface area contributed by atoms with Crippen molar-refractivity contribution in [2.24, 2.45) is 0 Å². The number of benzene rings is 2. The predicted octanol–water partition coefficient (Wildman–Crippen LogP) is 4.18. The first-order chi connectivity index (χ1) is 8.33. The number of thiophene rings is 1. The van der Waals surface area contributed by atoms with E-state index in [4.69, 9.17) is 0 Å². The lowest BCUT2D eigenvalue weighted by Gasteiger charge is -1.98. The Labute approximate surface area is 103 Å². The summed E-state index contributed by atoms with van der Waals surface area (Å²) in [5.41, 5.74) is 2.18. The minimum Gasteiger partial charge on any atom is -0.294 e. The van der Waals surface area contributed by atoms with Crippen LogP contribution in [0, 0.1) is 0 Å².